The maximum atomic E-state index is 6.28. The van der Waals surface area contributed by atoms with Gasteiger partial charge >= 0.3 is 0 Å². The summed E-state index contributed by atoms with van der Waals surface area (Å²) in [6.45, 7) is 7.70. The summed E-state index contributed by atoms with van der Waals surface area (Å²) in [6.07, 6.45) is 6.42. The summed E-state index contributed by atoms with van der Waals surface area (Å²) in [5.74, 6) is 0. The molecule has 25 heavy (non-hydrogen) atoms. The van der Waals surface area contributed by atoms with Gasteiger partial charge in [0.05, 0.1) is 18.8 Å². The minimum Gasteiger partial charge on any atom is -0.376 e. The van der Waals surface area contributed by atoms with Crippen LogP contribution < -0.4 is 0 Å². The van der Waals surface area contributed by atoms with Crippen LogP contribution in [-0.2, 0) is 25.6 Å². The third-order valence-corrected chi connectivity index (χ3v) is 4.83. The monoisotopic (exact) mass is 348 g/mol. The van der Waals surface area contributed by atoms with Crippen LogP contribution in [0, 0.1) is 0 Å². The van der Waals surface area contributed by atoms with Crippen LogP contribution in [0.3, 0.4) is 0 Å². The maximum Gasteiger partial charge on any atom is 0.158 e. The Labute approximate surface area is 152 Å². The van der Waals surface area contributed by atoms with Crippen LogP contribution in [0.1, 0.15) is 44.6 Å². The number of allylic oxidation sites excluding steroid dienone is 1. The second-order valence-electron chi connectivity index (χ2n) is 6.77. The average molecular weight is 348 g/mol. The Balaban J connectivity index is 1.97. The summed E-state index contributed by atoms with van der Waals surface area (Å²) >= 11 is 0. The quantitative estimate of drug-likeness (QED) is 0.552. The fraction of sp³-hybridized carbons (Fsp3) is 0.619. The summed E-state index contributed by atoms with van der Waals surface area (Å²) in [5.41, 5.74) is 0.714. The molecule has 0 saturated carbocycles. The van der Waals surface area contributed by atoms with Gasteiger partial charge in [-0.1, -0.05) is 36.4 Å². The fourth-order valence-electron chi connectivity index (χ4n) is 3.00. The van der Waals surface area contributed by atoms with Gasteiger partial charge < -0.3 is 18.9 Å². The van der Waals surface area contributed by atoms with Crippen molar-refractivity contribution in [2.75, 3.05) is 20.3 Å². The van der Waals surface area contributed by atoms with Gasteiger partial charge in [-0.2, -0.15) is 0 Å². The van der Waals surface area contributed by atoms with Gasteiger partial charge in [0.25, 0.3) is 0 Å². The molecule has 0 amide bonds. The Morgan fingerprint density at radius 1 is 1.32 bits per heavy atom. The van der Waals surface area contributed by atoms with E-state index in [1.54, 1.807) is 7.11 Å². The van der Waals surface area contributed by atoms with Gasteiger partial charge in [-0.25, -0.2) is 0 Å². The minimum absolute atomic E-state index is 0.169. The lowest BCUT2D eigenvalue weighted by atomic mass is 9.93. The van der Waals surface area contributed by atoms with Crippen molar-refractivity contribution in [1.29, 1.82) is 0 Å². The van der Waals surface area contributed by atoms with E-state index in [0.29, 0.717) is 13.2 Å². The smallest absolute Gasteiger partial charge is 0.158 e. The zero-order valence-corrected chi connectivity index (χ0v) is 15.6. The topological polar surface area (TPSA) is 36.9 Å². The predicted molar refractivity (Wildman–Crippen MR) is 99.4 cm³/mol. The van der Waals surface area contributed by atoms with Crippen molar-refractivity contribution >= 4 is 0 Å². The van der Waals surface area contributed by atoms with Crippen molar-refractivity contribution in [3.05, 3.63) is 48.6 Å². The van der Waals surface area contributed by atoms with Crippen molar-refractivity contribution in [3.8, 4) is 0 Å². The number of benzene rings is 1. The van der Waals surface area contributed by atoms with Crippen LogP contribution in [0.2, 0.25) is 0 Å². The van der Waals surface area contributed by atoms with Crippen molar-refractivity contribution in [2.45, 2.75) is 63.6 Å². The normalized spacial score (nSPS) is 21.4. The summed E-state index contributed by atoms with van der Waals surface area (Å²) in [6, 6.07) is 10.2. The lowest BCUT2D eigenvalue weighted by molar-refractivity contribution is -0.242. The molecule has 0 radical (unpaired) electrons. The Kier molecular flexibility index (Phi) is 8.62. The van der Waals surface area contributed by atoms with E-state index in [1.807, 2.05) is 24.3 Å². The van der Waals surface area contributed by atoms with Crippen molar-refractivity contribution in [3.63, 3.8) is 0 Å². The zero-order chi connectivity index (χ0) is 18.0. The average Bonchev–Trinajstić information content (AvgIpc) is 2.67. The highest BCUT2D eigenvalue weighted by atomic mass is 16.7. The molecule has 0 spiro atoms. The number of hydrogen-bond donors (Lipinski definition) is 0. The SMILES string of the molecule is C=CCC[C@@](C)(OC)[C@@H](COCc1ccccc1)OC1CCCCO1. The van der Waals surface area contributed by atoms with Gasteiger partial charge in [0.15, 0.2) is 6.29 Å². The van der Waals surface area contributed by atoms with Crippen LogP contribution in [0.5, 0.6) is 0 Å². The fourth-order valence-corrected chi connectivity index (χ4v) is 3.00. The standard InChI is InChI=1S/C21H32O4/c1-4-5-14-21(2,22-3)19(25-20-13-9-10-15-24-20)17-23-16-18-11-7-6-8-12-18/h4,6-8,11-12,19-20H,1,5,9-10,13-17H2,2-3H3/t19-,20?,21-/m1/s1. The molecule has 0 N–H and O–H groups in total. The highest BCUT2D eigenvalue weighted by Gasteiger charge is 2.37. The first kappa shape index (κ1) is 20.1. The van der Waals surface area contributed by atoms with Crippen molar-refractivity contribution < 1.29 is 18.9 Å². The lowest BCUT2D eigenvalue weighted by Gasteiger charge is -2.38. The molecule has 0 aliphatic carbocycles. The molecule has 0 aromatic heterocycles. The Bertz CT molecular complexity index is 484. The number of rotatable bonds is 11. The third kappa shape index (κ3) is 6.55. The molecule has 140 valence electrons. The van der Waals surface area contributed by atoms with E-state index >= 15 is 0 Å². The molecule has 1 heterocycles. The van der Waals surface area contributed by atoms with E-state index in [4.69, 9.17) is 18.9 Å². The highest BCUT2D eigenvalue weighted by molar-refractivity contribution is 5.13. The van der Waals surface area contributed by atoms with Crippen molar-refractivity contribution in [2.24, 2.45) is 0 Å². The Hall–Kier alpha value is -1.20. The van der Waals surface area contributed by atoms with Gasteiger partial charge in [-0.15, -0.1) is 6.58 Å². The van der Waals surface area contributed by atoms with E-state index in [2.05, 4.69) is 25.6 Å². The minimum atomic E-state index is -0.439. The van der Waals surface area contributed by atoms with Gasteiger partial charge in [-0.3, -0.25) is 0 Å². The van der Waals surface area contributed by atoms with Gasteiger partial charge in [0.2, 0.25) is 0 Å². The van der Waals surface area contributed by atoms with E-state index in [0.717, 1.165) is 44.3 Å². The molecule has 1 aliphatic heterocycles. The van der Waals surface area contributed by atoms with E-state index in [9.17, 15) is 0 Å². The molecule has 4 nitrogen and oxygen atoms in total. The summed E-state index contributed by atoms with van der Waals surface area (Å²) in [5, 5.41) is 0. The van der Waals surface area contributed by atoms with Gasteiger partial charge in [0.1, 0.15) is 6.10 Å². The Morgan fingerprint density at radius 2 is 2.12 bits per heavy atom. The Morgan fingerprint density at radius 3 is 2.76 bits per heavy atom. The van der Waals surface area contributed by atoms with Crippen LogP contribution in [-0.4, -0.2) is 38.3 Å². The first-order valence-electron chi connectivity index (χ1n) is 9.22. The van der Waals surface area contributed by atoms with Gasteiger partial charge in [0, 0.05) is 13.7 Å². The van der Waals surface area contributed by atoms with Crippen LogP contribution in [0.15, 0.2) is 43.0 Å². The number of ether oxygens (including phenoxy) is 4. The van der Waals surface area contributed by atoms with E-state index in [1.165, 1.54) is 0 Å². The lowest BCUT2D eigenvalue weighted by Crippen LogP contribution is -2.48. The molecule has 1 aromatic carbocycles. The first-order chi connectivity index (χ1) is 12.2. The largest absolute Gasteiger partial charge is 0.376 e. The summed E-state index contributed by atoms with van der Waals surface area (Å²) < 4.78 is 23.8. The molecular formula is C21H32O4. The molecule has 1 saturated heterocycles. The van der Waals surface area contributed by atoms with E-state index in [-0.39, 0.29) is 12.4 Å². The molecule has 1 aliphatic rings. The van der Waals surface area contributed by atoms with Crippen molar-refractivity contribution in [1.82, 2.24) is 0 Å². The molecule has 0 bridgehead atoms. The molecule has 1 aromatic rings. The second-order valence-corrected chi connectivity index (χ2v) is 6.77. The molecule has 3 atom stereocenters. The highest BCUT2D eigenvalue weighted by Crippen LogP contribution is 2.28. The first-order valence-corrected chi connectivity index (χ1v) is 9.22. The molecule has 4 heteroatoms. The molecule has 1 unspecified atom stereocenters. The maximum absolute atomic E-state index is 6.28. The number of hydrogen-bond acceptors (Lipinski definition) is 4. The second kappa shape index (κ2) is 10.7. The third-order valence-electron chi connectivity index (χ3n) is 4.83. The molecule has 1 fully saturated rings. The molecule has 2 rings (SSSR count). The van der Waals surface area contributed by atoms with Crippen LogP contribution >= 0.6 is 0 Å². The van der Waals surface area contributed by atoms with Crippen LogP contribution in [0.4, 0.5) is 0 Å². The van der Waals surface area contributed by atoms with Crippen LogP contribution in [0.25, 0.3) is 0 Å². The predicted octanol–water partition coefficient (Wildman–Crippen LogP) is 4.49. The zero-order valence-electron chi connectivity index (χ0n) is 15.6. The van der Waals surface area contributed by atoms with E-state index < -0.39 is 5.60 Å². The molecular weight excluding hydrogens is 316 g/mol. The van der Waals surface area contributed by atoms with Gasteiger partial charge in [-0.05, 0) is 44.6 Å². The summed E-state index contributed by atoms with van der Waals surface area (Å²) in [4.78, 5) is 0. The summed E-state index contributed by atoms with van der Waals surface area (Å²) in [7, 11) is 1.73. The number of methoxy groups -OCH3 is 1.